The first-order chi connectivity index (χ1) is 40.7. The Bertz CT molecular complexity index is 1400. The van der Waals surface area contributed by atoms with Crippen molar-refractivity contribution in [3.05, 3.63) is 24.3 Å². The highest BCUT2D eigenvalue weighted by Gasteiger charge is 2.44. The van der Waals surface area contributed by atoms with Gasteiger partial charge in [0.1, 0.15) is 36.6 Å². The molecule has 0 aromatic rings. The molecule has 9 unspecified atom stereocenters. The van der Waals surface area contributed by atoms with Crippen LogP contribution in [-0.2, 0) is 14.3 Å². The molecule has 9 atom stereocenters. The van der Waals surface area contributed by atoms with E-state index in [2.05, 4.69) is 43.5 Å². The van der Waals surface area contributed by atoms with E-state index in [9.17, 15) is 40.5 Å². The quantitative estimate of drug-likeness (QED) is 0.0215. The number of amides is 1. The van der Waals surface area contributed by atoms with Crippen molar-refractivity contribution in [2.75, 3.05) is 13.2 Å². The molecule has 1 rings (SSSR count). The van der Waals surface area contributed by atoms with Crippen molar-refractivity contribution < 1.29 is 50.0 Å². The van der Waals surface area contributed by atoms with Gasteiger partial charge in [0.25, 0.3) is 0 Å². The molecule has 1 saturated heterocycles. The molecule has 0 aromatic carbocycles. The summed E-state index contributed by atoms with van der Waals surface area (Å²) in [5.41, 5.74) is 0. The van der Waals surface area contributed by atoms with Crippen molar-refractivity contribution in [1.29, 1.82) is 0 Å². The Morgan fingerprint density at radius 3 is 1.04 bits per heavy atom. The van der Waals surface area contributed by atoms with Crippen LogP contribution in [0.15, 0.2) is 24.3 Å². The second-order valence-electron chi connectivity index (χ2n) is 25.7. The summed E-state index contributed by atoms with van der Waals surface area (Å²) in [7, 11) is 0. The zero-order valence-corrected chi connectivity index (χ0v) is 54.5. The molecule has 11 heteroatoms. The lowest BCUT2D eigenvalue weighted by molar-refractivity contribution is -0.303. The molecule has 492 valence electrons. The fourth-order valence-corrected chi connectivity index (χ4v) is 11.9. The number of carbonyl (C=O) groups is 1. The number of hydrogen-bond acceptors (Lipinski definition) is 10. The van der Waals surface area contributed by atoms with Crippen molar-refractivity contribution in [3.63, 3.8) is 0 Å². The molecule has 1 aliphatic heterocycles. The molecule has 0 bridgehead atoms. The van der Waals surface area contributed by atoms with Crippen molar-refractivity contribution in [2.45, 2.75) is 416 Å². The van der Waals surface area contributed by atoms with E-state index in [-0.39, 0.29) is 12.8 Å². The summed E-state index contributed by atoms with van der Waals surface area (Å²) in [6, 6.07) is -1.19. The minimum Gasteiger partial charge on any atom is -0.394 e. The summed E-state index contributed by atoms with van der Waals surface area (Å²) in [4.78, 5) is 13.3. The van der Waals surface area contributed by atoms with Gasteiger partial charge in [0.05, 0.1) is 25.4 Å². The number of rotatable bonds is 64. The maximum absolute atomic E-state index is 13.3. The van der Waals surface area contributed by atoms with E-state index in [1.807, 2.05) is 0 Å². The van der Waals surface area contributed by atoms with E-state index >= 15 is 0 Å². The maximum Gasteiger partial charge on any atom is 0.249 e. The lowest BCUT2D eigenvalue weighted by atomic mass is 9.98. The van der Waals surface area contributed by atoms with Crippen LogP contribution in [0.25, 0.3) is 0 Å². The molecular formula is C72H139NO10. The van der Waals surface area contributed by atoms with Crippen LogP contribution in [0.2, 0.25) is 0 Å². The van der Waals surface area contributed by atoms with Gasteiger partial charge >= 0.3 is 0 Å². The minimum absolute atomic E-state index is 0.256. The number of ether oxygens (including phenoxy) is 2. The van der Waals surface area contributed by atoms with Crippen LogP contribution in [0.5, 0.6) is 0 Å². The number of allylic oxidation sites excluding steroid dienone is 4. The summed E-state index contributed by atoms with van der Waals surface area (Å²) in [6.45, 7) is 3.51. The largest absolute Gasteiger partial charge is 0.394 e. The molecule has 0 spiro atoms. The van der Waals surface area contributed by atoms with E-state index in [1.54, 1.807) is 0 Å². The van der Waals surface area contributed by atoms with E-state index in [1.165, 1.54) is 283 Å². The van der Waals surface area contributed by atoms with Gasteiger partial charge < -0.3 is 50.5 Å². The molecule has 1 aliphatic rings. The highest BCUT2D eigenvalue weighted by atomic mass is 16.7. The van der Waals surface area contributed by atoms with Gasteiger partial charge in [-0.25, -0.2) is 0 Å². The zero-order chi connectivity index (χ0) is 60.3. The molecule has 0 saturated carbocycles. The summed E-state index contributed by atoms with van der Waals surface area (Å²) in [5, 5.41) is 76.5. The third kappa shape index (κ3) is 48.2. The smallest absolute Gasteiger partial charge is 0.249 e. The van der Waals surface area contributed by atoms with Crippen molar-refractivity contribution >= 4 is 5.91 Å². The third-order valence-corrected chi connectivity index (χ3v) is 17.7. The number of aliphatic hydroxyl groups excluding tert-OH is 7. The van der Waals surface area contributed by atoms with Gasteiger partial charge in [-0.15, -0.1) is 0 Å². The van der Waals surface area contributed by atoms with Crippen LogP contribution in [0.1, 0.15) is 361 Å². The van der Waals surface area contributed by atoms with Crippen molar-refractivity contribution in [2.24, 2.45) is 0 Å². The molecule has 1 fully saturated rings. The number of unbranched alkanes of at least 4 members (excludes halogenated alkanes) is 48. The Balaban J connectivity index is 2.20. The first kappa shape index (κ1) is 79.6. The number of nitrogens with one attached hydrogen (secondary N) is 1. The van der Waals surface area contributed by atoms with Gasteiger partial charge in [0, 0.05) is 0 Å². The van der Waals surface area contributed by atoms with Gasteiger partial charge in [0.15, 0.2) is 6.29 Å². The Morgan fingerprint density at radius 2 is 0.711 bits per heavy atom. The zero-order valence-electron chi connectivity index (χ0n) is 54.5. The average molecular weight is 1180 g/mol. The molecule has 11 nitrogen and oxygen atoms in total. The number of aliphatic hydroxyl groups is 7. The predicted molar refractivity (Wildman–Crippen MR) is 349 cm³/mol. The molecule has 1 amide bonds. The Hall–Kier alpha value is -1.41. The van der Waals surface area contributed by atoms with Crippen LogP contribution >= 0.6 is 0 Å². The molecule has 0 radical (unpaired) electrons. The topological polar surface area (TPSA) is 189 Å². The summed E-state index contributed by atoms with van der Waals surface area (Å²) < 4.78 is 11.2. The van der Waals surface area contributed by atoms with Gasteiger partial charge in [-0.1, -0.05) is 321 Å². The van der Waals surface area contributed by atoms with Crippen LogP contribution in [0, 0.1) is 0 Å². The lowest BCUT2D eigenvalue weighted by Gasteiger charge is -2.40. The Labute approximate surface area is 512 Å². The summed E-state index contributed by atoms with van der Waals surface area (Å²) >= 11 is 0. The van der Waals surface area contributed by atoms with Crippen LogP contribution in [0.4, 0.5) is 0 Å². The summed E-state index contributed by atoms with van der Waals surface area (Å²) in [5.74, 6) is -0.700. The molecule has 8 N–H and O–H groups in total. The van der Waals surface area contributed by atoms with Gasteiger partial charge in [-0.2, -0.15) is 0 Å². The van der Waals surface area contributed by atoms with Crippen molar-refractivity contribution in [1.82, 2.24) is 5.32 Å². The molecule has 1 heterocycles. The highest BCUT2D eigenvalue weighted by Crippen LogP contribution is 2.24. The first-order valence-electron chi connectivity index (χ1n) is 36.2. The standard InChI is InChI=1S/C72H139NO10/c1-3-5-7-9-11-13-15-17-19-21-23-25-27-29-31-32-34-36-38-40-42-44-46-48-50-52-54-56-58-60-65(76)71(81)73-63(62-82-72-70(80)69(79)68(78)66(61-74)83-72)67(77)64(75)59-57-55-53-51-49-47-45-43-41-39-37-35-33-30-28-26-24-22-20-18-16-14-12-10-8-6-4-2/h29,31,51,53,63-70,72,74-80H,3-28,30,32-50,52,54-62H2,1-2H3,(H,73,81)/b31-29-,53-51+. The second-order valence-corrected chi connectivity index (χ2v) is 25.7. The van der Waals surface area contributed by atoms with E-state index < -0.39 is 74.2 Å². The van der Waals surface area contributed by atoms with E-state index in [0.29, 0.717) is 12.8 Å². The molecule has 0 aromatic heterocycles. The van der Waals surface area contributed by atoms with Crippen molar-refractivity contribution in [3.8, 4) is 0 Å². The molecule has 83 heavy (non-hydrogen) atoms. The average Bonchev–Trinajstić information content (AvgIpc) is 3.68. The fraction of sp³-hybridized carbons (Fsp3) is 0.931. The predicted octanol–water partition coefficient (Wildman–Crippen LogP) is 17.6. The van der Waals surface area contributed by atoms with Gasteiger partial charge in [-0.05, 0) is 64.2 Å². The second kappa shape index (κ2) is 60.9. The highest BCUT2D eigenvalue weighted by molar-refractivity contribution is 5.80. The monoisotopic (exact) mass is 1180 g/mol. The van der Waals surface area contributed by atoms with Crippen LogP contribution in [-0.4, -0.2) is 110 Å². The van der Waals surface area contributed by atoms with E-state index in [0.717, 1.165) is 38.5 Å². The number of carbonyl (C=O) groups excluding carboxylic acids is 1. The first-order valence-corrected chi connectivity index (χ1v) is 36.2. The summed E-state index contributed by atoms with van der Waals surface area (Å²) in [6.07, 6.45) is 65.6. The molecular weight excluding hydrogens is 1040 g/mol. The van der Waals surface area contributed by atoms with Gasteiger partial charge in [-0.3, -0.25) is 4.79 Å². The maximum atomic E-state index is 13.3. The SMILES string of the molecule is CCCCCCCCCCCCCC/C=C\CCCCCCCCCCCCCCCC(O)C(=O)NC(COC1OC(CO)C(O)C(O)C1O)C(O)C(O)CCC/C=C/CCCCCCCCCCCCCCCCCCCCCCCC. The van der Waals surface area contributed by atoms with Gasteiger partial charge in [0.2, 0.25) is 5.91 Å². The molecule has 0 aliphatic carbocycles. The van der Waals surface area contributed by atoms with Crippen LogP contribution < -0.4 is 5.32 Å². The number of hydrogen-bond donors (Lipinski definition) is 8. The Morgan fingerprint density at radius 1 is 0.410 bits per heavy atom. The minimum atomic E-state index is -1.67. The fourth-order valence-electron chi connectivity index (χ4n) is 11.9. The van der Waals surface area contributed by atoms with Crippen LogP contribution in [0.3, 0.4) is 0 Å². The van der Waals surface area contributed by atoms with E-state index in [4.69, 9.17) is 9.47 Å². The third-order valence-electron chi connectivity index (χ3n) is 17.7. The Kier molecular flexibility index (Phi) is 58.4. The normalized spacial score (nSPS) is 19.1. The lowest BCUT2D eigenvalue weighted by Crippen LogP contribution is -2.60.